The molecule has 0 radical (unpaired) electrons. The molecule has 1 aromatic heterocycles. The SMILES string of the molecule is CN(C)c1ccc(-n2c(=S)[nH]c3c(C#N)cccc32)cc1. The predicted molar refractivity (Wildman–Crippen MR) is 87.5 cm³/mol. The van der Waals surface area contributed by atoms with Crippen LogP contribution in [0.25, 0.3) is 16.7 Å². The Bertz CT molecular complexity index is 895. The molecule has 0 bridgehead atoms. The fourth-order valence-electron chi connectivity index (χ4n) is 2.38. The van der Waals surface area contributed by atoms with Gasteiger partial charge in [-0.25, -0.2) is 0 Å². The zero-order valence-corrected chi connectivity index (χ0v) is 12.6. The second-order valence-electron chi connectivity index (χ2n) is 4.99. The lowest BCUT2D eigenvalue weighted by molar-refractivity contribution is 1.06. The number of nitrogens with zero attached hydrogens (tertiary/aromatic N) is 3. The fourth-order valence-corrected chi connectivity index (χ4v) is 2.69. The second kappa shape index (κ2) is 5.08. The van der Waals surface area contributed by atoms with Crippen molar-refractivity contribution in [1.29, 1.82) is 5.26 Å². The summed E-state index contributed by atoms with van der Waals surface area (Å²) in [6.07, 6.45) is 0. The number of aromatic amines is 1. The van der Waals surface area contributed by atoms with Gasteiger partial charge in [-0.05, 0) is 48.6 Å². The van der Waals surface area contributed by atoms with Gasteiger partial charge in [-0.2, -0.15) is 5.26 Å². The maximum absolute atomic E-state index is 9.19. The number of rotatable bonds is 2. The topological polar surface area (TPSA) is 47.8 Å². The molecule has 5 heteroatoms. The summed E-state index contributed by atoms with van der Waals surface area (Å²) in [6, 6.07) is 15.9. The first kappa shape index (κ1) is 13.4. The van der Waals surface area contributed by atoms with Crippen molar-refractivity contribution in [1.82, 2.24) is 9.55 Å². The molecule has 4 nitrogen and oxygen atoms in total. The summed E-state index contributed by atoms with van der Waals surface area (Å²) in [7, 11) is 4.01. The van der Waals surface area contributed by atoms with E-state index in [4.69, 9.17) is 12.2 Å². The average Bonchev–Trinajstić information content (AvgIpc) is 2.83. The molecule has 0 atom stereocenters. The summed E-state index contributed by atoms with van der Waals surface area (Å²) in [6.45, 7) is 0. The molecular formula is C16H14N4S. The van der Waals surface area contributed by atoms with Gasteiger partial charge in [0, 0.05) is 25.5 Å². The number of fused-ring (bicyclic) bond motifs is 1. The van der Waals surface area contributed by atoms with E-state index in [1.54, 1.807) is 6.07 Å². The van der Waals surface area contributed by atoms with Gasteiger partial charge in [0.15, 0.2) is 4.77 Å². The number of hydrogen-bond donors (Lipinski definition) is 1. The molecule has 0 saturated carbocycles. The Morgan fingerprint density at radius 2 is 1.86 bits per heavy atom. The van der Waals surface area contributed by atoms with Crippen molar-refractivity contribution >= 4 is 28.9 Å². The molecule has 0 amide bonds. The van der Waals surface area contributed by atoms with E-state index in [0.717, 1.165) is 22.4 Å². The minimum atomic E-state index is 0.588. The van der Waals surface area contributed by atoms with Crippen molar-refractivity contribution in [2.75, 3.05) is 19.0 Å². The smallest absolute Gasteiger partial charge is 0.182 e. The van der Waals surface area contributed by atoms with Gasteiger partial charge in [-0.15, -0.1) is 0 Å². The number of hydrogen-bond acceptors (Lipinski definition) is 3. The van der Waals surface area contributed by atoms with E-state index in [9.17, 15) is 5.26 Å². The lowest BCUT2D eigenvalue weighted by atomic mass is 10.2. The van der Waals surface area contributed by atoms with Crippen molar-refractivity contribution in [3.8, 4) is 11.8 Å². The van der Waals surface area contributed by atoms with E-state index in [1.807, 2.05) is 60.0 Å². The maximum atomic E-state index is 9.19. The monoisotopic (exact) mass is 294 g/mol. The maximum Gasteiger partial charge on any atom is 0.182 e. The van der Waals surface area contributed by atoms with Crippen LogP contribution >= 0.6 is 12.2 Å². The lowest BCUT2D eigenvalue weighted by Gasteiger charge is -2.13. The Hall–Kier alpha value is -2.58. The summed E-state index contributed by atoms with van der Waals surface area (Å²) in [5, 5.41) is 9.19. The molecule has 3 aromatic rings. The number of para-hydroxylation sites is 1. The Kier molecular flexibility index (Phi) is 3.24. The summed E-state index contributed by atoms with van der Waals surface area (Å²) < 4.78 is 2.54. The highest BCUT2D eigenvalue weighted by Crippen LogP contribution is 2.23. The van der Waals surface area contributed by atoms with Crippen LogP contribution < -0.4 is 4.90 Å². The van der Waals surface area contributed by atoms with E-state index < -0.39 is 0 Å². The van der Waals surface area contributed by atoms with Crippen molar-refractivity contribution < 1.29 is 0 Å². The molecule has 0 aliphatic carbocycles. The van der Waals surface area contributed by atoms with Crippen molar-refractivity contribution in [2.45, 2.75) is 0 Å². The summed E-state index contributed by atoms with van der Waals surface area (Å²) >= 11 is 5.41. The fraction of sp³-hybridized carbons (Fsp3) is 0.125. The third-order valence-corrected chi connectivity index (χ3v) is 3.75. The van der Waals surface area contributed by atoms with E-state index in [2.05, 4.69) is 11.1 Å². The Balaban J connectivity index is 2.23. The van der Waals surface area contributed by atoms with Crippen LogP contribution in [0.2, 0.25) is 0 Å². The highest BCUT2D eigenvalue weighted by Gasteiger charge is 2.09. The quantitative estimate of drug-likeness (QED) is 0.734. The number of anilines is 1. The van der Waals surface area contributed by atoms with Gasteiger partial charge in [-0.1, -0.05) is 6.07 Å². The van der Waals surface area contributed by atoms with Gasteiger partial charge < -0.3 is 9.88 Å². The Labute approximate surface area is 127 Å². The van der Waals surface area contributed by atoms with E-state index in [0.29, 0.717) is 10.3 Å². The van der Waals surface area contributed by atoms with E-state index >= 15 is 0 Å². The molecule has 21 heavy (non-hydrogen) atoms. The van der Waals surface area contributed by atoms with Crippen LogP contribution in [0.5, 0.6) is 0 Å². The third-order valence-electron chi connectivity index (χ3n) is 3.46. The standard InChI is InChI=1S/C16H14N4S/c1-19(2)12-6-8-13(9-7-12)20-14-5-3-4-11(10-17)15(14)18-16(20)21/h3-9H,1-2H3,(H,18,21). The van der Waals surface area contributed by atoms with Gasteiger partial charge in [0.2, 0.25) is 0 Å². The first-order valence-electron chi connectivity index (χ1n) is 6.53. The number of nitriles is 1. The van der Waals surface area contributed by atoms with E-state index in [1.165, 1.54) is 0 Å². The minimum absolute atomic E-state index is 0.588. The van der Waals surface area contributed by atoms with Crippen LogP contribution in [0.1, 0.15) is 5.56 Å². The summed E-state index contributed by atoms with van der Waals surface area (Å²) in [5.41, 5.74) is 4.40. The van der Waals surface area contributed by atoms with Crippen LogP contribution in [0, 0.1) is 16.1 Å². The molecule has 0 aliphatic heterocycles. The van der Waals surface area contributed by atoms with Gasteiger partial charge in [0.25, 0.3) is 0 Å². The van der Waals surface area contributed by atoms with Crippen LogP contribution in [0.3, 0.4) is 0 Å². The molecule has 0 aliphatic rings. The van der Waals surface area contributed by atoms with Gasteiger partial charge >= 0.3 is 0 Å². The second-order valence-corrected chi connectivity index (χ2v) is 5.37. The van der Waals surface area contributed by atoms with Crippen LogP contribution in [0.15, 0.2) is 42.5 Å². The summed E-state index contributed by atoms with van der Waals surface area (Å²) in [5.74, 6) is 0. The van der Waals surface area contributed by atoms with Gasteiger partial charge in [-0.3, -0.25) is 4.57 Å². The van der Waals surface area contributed by atoms with Crippen molar-refractivity contribution in [2.24, 2.45) is 0 Å². The molecule has 0 unspecified atom stereocenters. The van der Waals surface area contributed by atoms with Gasteiger partial charge in [0.05, 0.1) is 16.6 Å². The molecule has 0 spiro atoms. The number of H-pyrrole nitrogens is 1. The van der Waals surface area contributed by atoms with Crippen LogP contribution in [0.4, 0.5) is 5.69 Å². The predicted octanol–water partition coefficient (Wildman–Crippen LogP) is 3.63. The van der Waals surface area contributed by atoms with Crippen LogP contribution in [-0.4, -0.2) is 23.6 Å². The first-order valence-corrected chi connectivity index (χ1v) is 6.94. The largest absolute Gasteiger partial charge is 0.378 e. The zero-order valence-electron chi connectivity index (χ0n) is 11.8. The van der Waals surface area contributed by atoms with Gasteiger partial charge in [0.1, 0.15) is 6.07 Å². The zero-order chi connectivity index (χ0) is 15.0. The molecule has 1 heterocycles. The molecule has 0 saturated heterocycles. The Morgan fingerprint density at radius 3 is 2.48 bits per heavy atom. The molecular weight excluding hydrogens is 280 g/mol. The number of imidazole rings is 1. The summed E-state index contributed by atoms with van der Waals surface area (Å²) in [4.78, 5) is 5.17. The molecule has 1 N–H and O–H groups in total. The highest BCUT2D eigenvalue weighted by molar-refractivity contribution is 7.71. The number of nitrogens with one attached hydrogen (secondary N) is 1. The molecule has 104 valence electrons. The highest BCUT2D eigenvalue weighted by atomic mass is 32.1. The molecule has 3 rings (SSSR count). The minimum Gasteiger partial charge on any atom is -0.378 e. The van der Waals surface area contributed by atoms with Crippen LogP contribution in [-0.2, 0) is 0 Å². The lowest BCUT2D eigenvalue weighted by Crippen LogP contribution is -2.08. The number of aromatic nitrogens is 2. The van der Waals surface area contributed by atoms with Crippen molar-refractivity contribution in [3.05, 3.63) is 52.8 Å². The average molecular weight is 294 g/mol. The normalized spacial score (nSPS) is 10.5. The third kappa shape index (κ3) is 2.20. The Morgan fingerprint density at radius 1 is 1.14 bits per heavy atom. The van der Waals surface area contributed by atoms with E-state index in [-0.39, 0.29) is 0 Å². The molecule has 0 fully saturated rings. The van der Waals surface area contributed by atoms with Crippen molar-refractivity contribution in [3.63, 3.8) is 0 Å². The molecule has 2 aromatic carbocycles. The number of benzene rings is 2. The first-order chi connectivity index (χ1) is 10.1.